The second-order valence-electron chi connectivity index (χ2n) is 6.70. The van der Waals surface area contributed by atoms with Gasteiger partial charge in [-0.15, -0.1) is 0 Å². The molecule has 0 atom stereocenters. The molecule has 0 unspecified atom stereocenters. The number of rotatable bonds is 5. The summed E-state index contributed by atoms with van der Waals surface area (Å²) in [5, 5.41) is 3.89. The van der Waals surface area contributed by atoms with Crippen LogP contribution in [0.2, 0.25) is 0 Å². The van der Waals surface area contributed by atoms with Gasteiger partial charge in [0.1, 0.15) is 0 Å². The zero-order valence-corrected chi connectivity index (χ0v) is 14.6. The summed E-state index contributed by atoms with van der Waals surface area (Å²) in [6.45, 7) is 6.13. The molecule has 3 heteroatoms. The quantitative estimate of drug-likeness (QED) is 0.857. The van der Waals surface area contributed by atoms with Crippen molar-refractivity contribution in [2.24, 2.45) is 0 Å². The first-order valence-corrected chi connectivity index (χ1v) is 9.27. The molecule has 0 aromatic heterocycles. The maximum absolute atomic E-state index is 3.89. The van der Waals surface area contributed by atoms with Crippen LogP contribution in [0.15, 0.2) is 28.7 Å². The highest BCUT2D eigenvalue weighted by molar-refractivity contribution is 9.10. The number of hydrogen-bond donors (Lipinski definition) is 1. The van der Waals surface area contributed by atoms with Crippen molar-refractivity contribution in [3.05, 3.63) is 34.3 Å². The van der Waals surface area contributed by atoms with Crippen LogP contribution in [0.4, 0.5) is 0 Å². The molecule has 2 aliphatic rings. The first kappa shape index (κ1) is 15.5. The highest BCUT2D eigenvalue weighted by atomic mass is 79.9. The van der Waals surface area contributed by atoms with Crippen LogP contribution in [-0.4, -0.2) is 36.6 Å². The first-order chi connectivity index (χ1) is 10.2. The molecule has 1 aliphatic heterocycles. The molecule has 1 N–H and O–H groups in total. The summed E-state index contributed by atoms with van der Waals surface area (Å²) in [7, 11) is 0. The molecule has 1 saturated heterocycles. The summed E-state index contributed by atoms with van der Waals surface area (Å²) in [4.78, 5) is 2.61. The van der Waals surface area contributed by atoms with Gasteiger partial charge < -0.3 is 10.2 Å². The minimum absolute atomic E-state index is 0.747. The molecule has 2 nitrogen and oxygen atoms in total. The summed E-state index contributed by atoms with van der Waals surface area (Å²) in [6, 6.07) is 10.3. The second-order valence-corrected chi connectivity index (χ2v) is 7.62. The largest absolute Gasteiger partial charge is 0.311 e. The van der Waals surface area contributed by atoms with Gasteiger partial charge in [-0.25, -0.2) is 0 Å². The fraction of sp³-hybridized carbons (Fsp3) is 0.667. The van der Waals surface area contributed by atoms with Crippen molar-refractivity contribution >= 4 is 15.9 Å². The molecule has 0 radical (unpaired) electrons. The summed E-state index contributed by atoms with van der Waals surface area (Å²) in [6.07, 6.45) is 6.57. The van der Waals surface area contributed by atoms with Crippen molar-refractivity contribution in [3.63, 3.8) is 0 Å². The third kappa shape index (κ3) is 4.08. The van der Waals surface area contributed by atoms with Gasteiger partial charge in [0, 0.05) is 16.6 Å². The lowest BCUT2D eigenvalue weighted by Crippen LogP contribution is -2.50. The zero-order valence-electron chi connectivity index (χ0n) is 13.0. The average Bonchev–Trinajstić information content (AvgIpc) is 2.44. The lowest BCUT2D eigenvalue weighted by molar-refractivity contribution is 0.171. The van der Waals surface area contributed by atoms with Gasteiger partial charge in [-0.2, -0.15) is 0 Å². The molecule has 1 aromatic rings. The zero-order chi connectivity index (χ0) is 14.7. The average molecular weight is 351 g/mol. The smallest absolute Gasteiger partial charge is 0.0178 e. The molecular weight excluding hydrogens is 324 g/mol. The third-order valence-corrected chi connectivity index (χ3v) is 5.55. The van der Waals surface area contributed by atoms with E-state index in [1.807, 2.05) is 0 Å². The Morgan fingerprint density at radius 3 is 2.62 bits per heavy atom. The Morgan fingerprint density at radius 1 is 1.19 bits per heavy atom. The van der Waals surface area contributed by atoms with E-state index in [2.05, 4.69) is 57.3 Å². The van der Waals surface area contributed by atoms with E-state index < -0.39 is 0 Å². The summed E-state index contributed by atoms with van der Waals surface area (Å²) >= 11 is 3.58. The van der Waals surface area contributed by atoms with Gasteiger partial charge in [-0.1, -0.05) is 35.0 Å². The van der Waals surface area contributed by atoms with Gasteiger partial charge in [0.05, 0.1) is 0 Å². The van der Waals surface area contributed by atoms with Gasteiger partial charge in [0.25, 0.3) is 0 Å². The molecule has 0 amide bonds. The molecule has 2 fully saturated rings. The molecule has 1 aromatic carbocycles. The number of benzene rings is 1. The van der Waals surface area contributed by atoms with Crippen molar-refractivity contribution in [3.8, 4) is 0 Å². The van der Waals surface area contributed by atoms with E-state index >= 15 is 0 Å². The number of hydrogen-bond acceptors (Lipinski definition) is 2. The van der Waals surface area contributed by atoms with E-state index in [-0.39, 0.29) is 0 Å². The predicted molar refractivity (Wildman–Crippen MR) is 92.8 cm³/mol. The Balaban J connectivity index is 1.39. The monoisotopic (exact) mass is 350 g/mol. The Morgan fingerprint density at radius 2 is 1.95 bits per heavy atom. The molecular formula is C18H27BrN2. The van der Waals surface area contributed by atoms with Crippen LogP contribution in [0, 0.1) is 0 Å². The SMILES string of the molecule is CCCN1CCC(NC2CC(c3cccc(Br)c3)C2)CC1. The van der Waals surface area contributed by atoms with Crippen LogP contribution in [0.3, 0.4) is 0 Å². The van der Waals surface area contributed by atoms with Crippen LogP contribution >= 0.6 is 15.9 Å². The molecule has 0 spiro atoms. The minimum Gasteiger partial charge on any atom is -0.311 e. The molecule has 116 valence electrons. The van der Waals surface area contributed by atoms with Gasteiger partial charge >= 0.3 is 0 Å². The molecule has 21 heavy (non-hydrogen) atoms. The summed E-state index contributed by atoms with van der Waals surface area (Å²) in [5.74, 6) is 0.764. The summed E-state index contributed by atoms with van der Waals surface area (Å²) < 4.78 is 1.21. The van der Waals surface area contributed by atoms with Gasteiger partial charge in [-0.05, 0) is 75.4 Å². The maximum Gasteiger partial charge on any atom is 0.0178 e. The van der Waals surface area contributed by atoms with Crippen LogP contribution in [0.25, 0.3) is 0 Å². The number of likely N-dealkylation sites (tertiary alicyclic amines) is 1. The van der Waals surface area contributed by atoms with Gasteiger partial charge in [0.2, 0.25) is 0 Å². The van der Waals surface area contributed by atoms with E-state index in [1.54, 1.807) is 0 Å². The molecule has 3 rings (SSSR count). The Bertz CT molecular complexity index is 448. The minimum atomic E-state index is 0.747. The fourth-order valence-corrected chi connectivity index (χ4v) is 4.18. The molecule has 1 aliphatic carbocycles. The molecule has 1 heterocycles. The lowest BCUT2D eigenvalue weighted by Gasteiger charge is -2.41. The molecule has 0 bridgehead atoms. The van der Waals surface area contributed by atoms with Crippen molar-refractivity contribution < 1.29 is 0 Å². The van der Waals surface area contributed by atoms with Gasteiger partial charge in [-0.3, -0.25) is 0 Å². The van der Waals surface area contributed by atoms with Crippen LogP contribution < -0.4 is 5.32 Å². The Kier molecular flexibility index (Phi) is 5.36. The number of halogens is 1. The van der Waals surface area contributed by atoms with E-state index in [0.29, 0.717) is 0 Å². The second kappa shape index (κ2) is 7.26. The van der Waals surface area contributed by atoms with Crippen molar-refractivity contribution in [2.45, 2.75) is 57.0 Å². The lowest BCUT2D eigenvalue weighted by atomic mass is 9.75. The van der Waals surface area contributed by atoms with Crippen LogP contribution in [0.5, 0.6) is 0 Å². The highest BCUT2D eigenvalue weighted by Crippen LogP contribution is 2.38. The van der Waals surface area contributed by atoms with Crippen LogP contribution in [-0.2, 0) is 0 Å². The number of piperidine rings is 1. The molecule has 1 saturated carbocycles. The third-order valence-electron chi connectivity index (χ3n) is 5.06. The Hall–Kier alpha value is -0.380. The van der Waals surface area contributed by atoms with E-state index in [9.17, 15) is 0 Å². The first-order valence-electron chi connectivity index (χ1n) is 8.48. The predicted octanol–water partition coefficient (Wildman–Crippen LogP) is 4.16. The van der Waals surface area contributed by atoms with Crippen molar-refractivity contribution in [1.82, 2.24) is 10.2 Å². The maximum atomic E-state index is 3.89. The van der Waals surface area contributed by atoms with E-state index in [1.165, 1.54) is 61.8 Å². The van der Waals surface area contributed by atoms with Gasteiger partial charge in [0.15, 0.2) is 0 Å². The fourth-order valence-electron chi connectivity index (χ4n) is 3.76. The number of nitrogens with one attached hydrogen (secondary N) is 1. The van der Waals surface area contributed by atoms with Crippen LogP contribution in [0.1, 0.15) is 50.5 Å². The Labute approximate surface area is 137 Å². The van der Waals surface area contributed by atoms with E-state index in [4.69, 9.17) is 0 Å². The topological polar surface area (TPSA) is 15.3 Å². The normalized spacial score (nSPS) is 27.5. The highest BCUT2D eigenvalue weighted by Gasteiger charge is 2.32. The standard InChI is InChI=1S/C18H27BrN2/c1-2-8-21-9-6-17(7-10-21)20-18-12-15(13-18)14-4-3-5-16(19)11-14/h3-5,11,15,17-18,20H,2,6-10,12-13H2,1H3. The van der Waals surface area contributed by atoms with Crippen molar-refractivity contribution in [2.75, 3.05) is 19.6 Å². The summed E-state index contributed by atoms with van der Waals surface area (Å²) in [5.41, 5.74) is 1.50. The van der Waals surface area contributed by atoms with E-state index in [0.717, 1.165) is 18.0 Å². The van der Waals surface area contributed by atoms with Crippen molar-refractivity contribution in [1.29, 1.82) is 0 Å². The number of nitrogens with zero attached hydrogens (tertiary/aromatic N) is 1.